The molecule has 0 spiro atoms. The monoisotopic (exact) mass is 218 g/mol. The molecule has 0 aromatic rings. The Morgan fingerprint density at radius 1 is 1.25 bits per heavy atom. The van der Waals surface area contributed by atoms with E-state index >= 15 is 0 Å². The Hall–Kier alpha value is -1.38. The molecule has 1 atom stereocenters. The van der Waals surface area contributed by atoms with E-state index in [0.717, 1.165) is 0 Å². The van der Waals surface area contributed by atoms with Crippen molar-refractivity contribution in [1.82, 2.24) is 0 Å². The van der Waals surface area contributed by atoms with Crippen LogP contribution in [0.1, 0.15) is 32.6 Å². The summed E-state index contributed by atoms with van der Waals surface area (Å²) in [6.45, 7) is 2.17. The van der Waals surface area contributed by atoms with Crippen LogP contribution in [0, 0.1) is 11.3 Å². The SMILES string of the molecule is CC1(C2CC2)C=CCC2=C(C1)C(=O)OC2=O. The highest BCUT2D eigenvalue weighted by Gasteiger charge is 2.45. The van der Waals surface area contributed by atoms with Gasteiger partial charge >= 0.3 is 11.9 Å². The molecule has 1 fully saturated rings. The van der Waals surface area contributed by atoms with Gasteiger partial charge < -0.3 is 4.74 Å². The van der Waals surface area contributed by atoms with Crippen molar-refractivity contribution in [2.75, 3.05) is 0 Å². The Morgan fingerprint density at radius 2 is 1.94 bits per heavy atom. The molecular weight excluding hydrogens is 204 g/mol. The highest BCUT2D eigenvalue weighted by atomic mass is 16.6. The minimum atomic E-state index is -0.440. The second-order valence-electron chi connectivity index (χ2n) is 5.20. The quantitative estimate of drug-likeness (QED) is 0.384. The van der Waals surface area contributed by atoms with E-state index in [-0.39, 0.29) is 5.41 Å². The van der Waals surface area contributed by atoms with Crippen LogP contribution in [-0.4, -0.2) is 11.9 Å². The summed E-state index contributed by atoms with van der Waals surface area (Å²) in [6, 6.07) is 0. The lowest BCUT2D eigenvalue weighted by Crippen LogP contribution is -2.18. The van der Waals surface area contributed by atoms with Crippen molar-refractivity contribution in [2.45, 2.75) is 32.6 Å². The van der Waals surface area contributed by atoms with E-state index in [2.05, 4.69) is 17.7 Å². The first-order valence-electron chi connectivity index (χ1n) is 5.76. The third kappa shape index (κ3) is 1.34. The zero-order valence-corrected chi connectivity index (χ0v) is 9.29. The highest BCUT2D eigenvalue weighted by molar-refractivity contribution is 6.12. The molecule has 1 saturated carbocycles. The van der Waals surface area contributed by atoms with Crippen molar-refractivity contribution < 1.29 is 14.3 Å². The van der Waals surface area contributed by atoms with Gasteiger partial charge in [0.25, 0.3) is 0 Å². The molecule has 84 valence electrons. The summed E-state index contributed by atoms with van der Waals surface area (Å²) in [5.74, 6) is -0.195. The number of allylic oxidation sites excluding steroid dienone is 2. The van der Waals surface area contributed by atoms with Crippen molar-refractivity contribution in [3.63, 3.8) is 0 Å². The molecule has 1 unspecified atom stereocenters. The van der Waals surface area contributed by atoms with Gasteiger partial charge in [0.1, 0.15) is 0 Å². The zero-order valence-electron chi connectivity index (χ0n) is 9.29. The Labute approximate surface area is 94.2 Å². The fourth-order valence-corrected chi connectivity index (χ4v) is 2.75. The highest BCUT2D eigenvalue weighted by Crippen LogP contribution is 2.51. The fraction of sp³-hybridized carbons (Fsp3) is 0.538. The van der Waals surface area contributed by atoms with Crippen LogP contribution >= 0.6 is 0 Å². The first kappa shape index (κ1) is 9.82. The molecule has 3 heteroatoms. The van der Waals surface area contributed by atoms with Crippen LogP contribution in [0.4, 0.5) is 0 Å². The smallest absolute Gasteiger partial charge is 0.342 e. The molecule has 3 nitrogen and oxygen atoms in total. The van der Waals surface area contributed by atoms with Crippen molar-refractivity contribution in [1.29, 1.82) is 0 Å². The molecule has 0 aromatic heterocycles. The Morgan fingerprint density at radius 3 is 2.62 bits per heavy atom. The van der Waals surface area contributed by atoms with Gasteiger partial charge in [-0.2, -0.15) is 0 Å². The van der Waals surface area contributed by atoms with E-state index in [9.17, 15) is 9.59 Å². The van der Waals surface area contributed by atoms with E-state index in [4.69, 9.17) is 0 Å². The molecule has 3 rings (SSSR count). The van der Waals surface area contributed by atoms with Crippen LogP contribution < -0.4 is 0 Å². The first-order valence-corrected chi connectivity index (χ1v) is 5.76. The average Bonchev–Trinajstić information content (AvgIpc) is 2.99. The van der Waals surface area contributed by atoms with E-state index in [1.807, 2.05) is 6.08 Å². The van der Waals surface area contributed by atoms with Crippen molar-refractivity contribution in [3.05, 3.63) is 23.3 Å². The third-order valence-corrected chi connectivity index (χ3v) is 3.93. The van der Waals surface area contributed by atoms with Crippen LogP contribution in [0.25, 0.3) is 0 Å². The zero-order chi connectivity index (χ0) is 11.3. The number of rotatable bonds is 1. The standard InChI is InChI=1S/C13H14O3/c1-13(8-4-5-8)6-2-3-9-10(7-13)12(15)16-11(9)14/h2,6,8H,3-5,7H2,1H3. The summed E-state index contributed by atoms with van der Waals surface area (Å²) >= 11 is 0. The molecule has 16 heavy (non-hydrogen) atoms. The van der Waals surface area contributed by atoms with Gasteiger partial charge in [0, 0.05) is 5.57 Å². The molecule has 0 N–H and O–H groups in total. The third-order valence-electron chi connectivity index (χ3n) is 3.93. The summed E-state index contributed by atoms with van der Waals surface area (Å²) in [7, 11) is 0. The number of carbonyl (C=O) groups excluding carboxylic acids is 2. The van der Waals surface area contributed by atoms with Gasteiger partial charge in [0.05, 0.1) is 5.57 Å². The maximum absolute atomic E-state index is 11.6. The minimum absolute atomic E-state index is 0.0424. The predicted molar refractivity (Wildman–Crippen MR) is 57.3 cm³/mol. The molecule has 0 radical (unpaired) electrons. The van der Waals surface area contributed by atoms with Gasteiger partial charge in [-0.15, -0.1) is 0 Å². The Balaban J connectivity index is 1.99. The van der Waals surface area contributed by atoms with E-state index in [0.29, 0.717) is 29.9 Å². The fourth-order valence-electron chi connectivity index (χ4n) is 2.75. The normalized spacial score (nSPS) is 33.8. The molecule has 0 aromatic carbocycles. The molecule has 0 bridgehead atoms. The van der Waals surface area contributed by atoms with Gasteiger partial charge in [0.15, 0.2) is 0 Å². The average molecular weight is 218 g/mol. The van der Waals surface area contributed by atoms with Gasteiger partial charge in [-0.3, -0.25) is 0 Å². The lowest BCUT2D eigenvalue weighted by molar-refractivity contribution is -0.151. The topological polar surface area (TPSA) is 43.4 Å². The van der Waals surface area contributed by atoms with E-state index in [1.54, 1.807) is 0 Å². The molecular formula is C13H14O3. The lowest BCUT2D eigenvalue weighted by Gasteiger charge is -2.24. The maximum atomic E-state index is 11.6. The number of carbonyl (C=O) groups is 2. The summed E-state index contributed by atoms with van der Waals surface area (Å²) in [4.78, 5) is 23.0. The van der Waals surface area contributed by atoms with Crippen LogP contribution in [0.3, 0.4) is 0 Å². The molecule has 0 saturated heterocycles. The van der Waals surface area contributed by atoms with Crippen LogP contribution in [0.5, 0.6) is 0 Å². The molecule has 1 heterocycles. The number of ether oxygens (including phenoxy) is 1. The molecule has 0 amide bonds. The van der Waals surface area contributed by atoms with Gasteiger partial charge in [-0.1, -0.05) is 19.1 Å². The van der Waals surface area contributed by atoms with Crippen LogP contribution in [0.15, 0.2) is 23.3 Å². The van der Waals surface area contributed by atoms with Crippen LogP contribution in [-0.2, 0) is 14.3 Å². The summed E-state index contributed by atoms with van der Waals surface area (Å²) < 4.78 is 4.67. The summed E-state index contributed by atoms with van der Waals surface area (Å²) in [5.41, 5.74) is 1.23. The van der Waals surface area contributed by atoms with Crippen LogP contribution in [0.2, 0.25) is 0 Å². The first-order chi connectivity index (χ1) is 7.60. The van der Waals surface area contributed by atoms with Gasteiger partial charge in [0.2, 0.25) is 0 Å². The number of hydrogen-bond donors (Lipinski definition) is 0. The minimum Gasteiger partial charge on any atom is -0.386 e. The van der Waals surface area contributed by atoms with Crippen molar-refractivity contribution in [3.8, 4) is 0 Å². The van der Waals surface area contributed by atoms with Gasteiger partial charge in [-0.05, 0) is 37.0 Å². The summed E-state index contributed by atoms with van der Waals surface area (Å²) in [5, 5.41) is 0. The van der Waals surface area contributed by atoms with E-state index < -0.39 is 11.9 Å². The Bertz CT molecular complexity index is 440. The molecule has 1 aliphatic heterocycles. The largest absolute Gasteiger partial charge is 0.386 e. The van der Waals surface area contributed by atoms with Crippen molar-refractivity contribution >= 4 is 11.9 Å². The second kappa shape index (κ2) is 3.06. The summed E-state index contributed by atoms with van der Waals surface area (Å²) in [6.07, 6.45) is 7.86. The van der Waals surface area contributed by atoms with Gasteiger partial charge in [-0.25, -0.2) is 9.59 Å². The molecule has 3 aliphatic rings. The maximum Gasteiger partial charge on any atom is 0.342 e. The predicted octanol–water partition coefficient (Wildman–Crippen LogP) is 2.13. The molecule has 2 aliphatic carbocycles. The Kier molecular flexibility index (Phi) is 1.88. The number of esters is 2. The van der Waals surface area contributed by atoms with E-state index in [1.165, 1.54) is 12.8 Å². The number of hydrogen-bond acceptors (Lipinski definition) is 3. The second-order valence-corrected chi connectivity index (χ2v) is 5.20. The number of cyclic esters (lactones) is 2. The lowest BCUT2D eigenvalue weighted by atomic mass is 9.79. The van der Waals surface area contributed by atoms with Crippen molar-refractivity contribution in [2.24, 2.45) is 11.3 Å².